The molecule has 3 unspecified atom stereocenters. The van der Waals surface area contributed by atoms with Gasteiger partial charge in [-0.15, -0.1) is 0 Å². The van der Waals surface area contributed by atoms with Crippen LogP contribution in [0.25, 0.3) is 33.3 Å². The summed E-state index contributed by atoms with van der Waals surface area (Å²) in [4.78, 5) is 79.8. The number of morpholine rings is 1. The summed E-state index contributed by atoms with van der Waals surface area (Å²) in [6.45, 7) is 10.8. The molecule has 4 aliphatic heterocycles. The number of aryl methyl sites for hydroxylation is 1. The molecule has 2 aromatic carbocycles. The highest BCUT2D eigenvalue weighted by molar-refractivity contribution is 14.1. The average molecular weight is 1150 g/mol. The van der Waals surface area contributed by atoms with Crippen molar-refractivity contribution in [3.63, 3.8) is 0 Å². The number of pyridine rings is 1. The molecule has 5 aliphatic rings. The lowest BCUT2D eigenvalue weighted by atomic mass is 9.67. The summed E-state index contributed by atoms with van der Waals surface area (Å²) in [5.41, 5.74) is 9.17. The molecule has 3 N–H and O–H groups in total. The number of fused-ring (bicyclic) bond motifs is 8. The minimum absolute atomic E-state index is 0.00811. The van der Waals surface area contributed by atoms with Crippen LogP contribution in [0.2, 0.25) is 0 Å². The number of alkyl halides is 3. The van der Waals surface area contributed by atoms with Gasteiger partial charge in [-0.25, -0.2) is 15.1 Å². The number of likely N-dealkylation sites (N-methyl/N-ethyl adjacent to an activating group) is 1. The van der Waals surface area contributed by atoms with Gasteiger partial charge in [0.1, 0.15) is 23.9 Å². The van der Waals surface area contributed by atoms with Crippen molar-refractivity contribution in [1.82, 2.24) is 40.0 Å². The van der Waals surface area contributed by atoms with Crippen molar-refractivity contribution >= 4 is 63.1 Å². The lowest BCUT2D eigenvalue weighted by Crippen LogP contribution is -2.65. The van der Waals surface area contributed by atoms with Crippen molar-refractivity contribution in [3.05, 3.63) is 71.5 Å². The monoisotopic (exact) mass is 1150 g/mol. The van der Waals surface area contributed by atoms with Gasteiger partial charge in [-0.3, -0.25) is 29.2 Å². The Kier molecular flexibility index (Phi) is 15.4. The van der Waals surface area contributed by atoms with Crippen LogP contribution >= 0.6 is 22.6 Å². The Morgan fingerprint density at radius 2 is 1.84 bits per heavy atom. The molecule has 400 valence electrons. The molecule has 17 nitrogen and oxygen atoms in total. The molecule has 6 bridgehead atoms. The zero-order valence-corrected chi connectivity index (χ0v) is 45.5. The van der Waals surface area contributed by atoms with E-state index >= 15 is 4.79 Å². The molecule has 0 spiro atoms. The highest BCUT2D eigenvalue weighted by Crippen LogP contribution is 2.57. The first kappa shape index (κ1) is 54.1. The Morgan fingerprint density at radius 3 is 2.56 bits per heavy atom. The molecule has 0 radical (unpaired) electrons. The molecule has 75 heavy (non-hydrogen) atoms. The fourth-order valence-electron chi connectivity index (χ4n) is 11.7. The number of phenols is 1. The van der Waals surface area contributed by atoms with E-state index in [1.54, 1.807) is 39.3 Å². The molecule has 3 saturated heterocycles. The Morgan fingerprint density at radius 1 is 1.08 bits per heavy atom. The summed E-state index contributed by atoms with van der Waals surface area (Å²) in [5, 5.41) is 16.7. The van der Waals surface area contributed by atoms with Gasteiger partial charge < -0.3 is 39.0 Å². The number of halogens is 3. The number of nitrogens with one attached hydrogen (secondary N) is 2. The molecule has 4 aromatic rings. The molecule has 0 saturated carbocycles. The lowest BCUT2D eigenvalue weighted by molar-refractivity contribution is -0.157. The van der Waals surface area contributed by atoms with Crippen LogP contribution in [0.1, 0.15) is 82.7 Å². The number of esters is 1. The predicted molar refractivity (Wildman–Crippen MR) is 283 cm³/mol. The van der Waals surface area contributed by atoms with Crippen molar-refractivity contribution in [2.45, 2.75) is 101 Å². The normalized spacial score (nSPS) is 24.4. The van der Waals surface area contributed by atoms with Crippen LogP contribution in [0, 0.1) is 29.1 Å². The number of carbonyl (C=O) groups excluding carboxylic acids is 5. The van der Waals surface area contributed by atoms with Crippen LogP contribution in [0.15, 0.2) is 54.7 Å². The molecular formula is C55H65F2IN8O9. The van der Waals surface area contributed by atoms with Crippen molar-refractivity contribution in [1.29, 1.82) is 0 Å². The second-order valence-electron chi connectivity index (χ2n) is 21.3. The van der Waals surface area contributed by atoms with Crippen LogP contribution in [-0.4, -0.2) is 152 Å². The molecule has 6 atom stereocenters. The highest BCUT2D eigenvalue weighted by atomic mass is 127. The Hall–Kier alpha value is -5.73. The first-order chi connectivity index (χ1) is 35.7. The van der Waals surface area contributed by atoms with Gasteiger partial charge in [0.25, 0.3) is 11.8 Å². The fraction of sp³-hybridized carbons (Fsp3) is 0.527. The molecular weight excluding hydrogens is 1080 g/mol. The van der Waals surface area contributed by atoms with E-state index in [0.717, 1.165) is 43.9 Å². The van der Waals surface area contributed by atoms with Crippen molar-refractivity contribution in [2.24, 2.45) is 17.3 Å². The molecule has 20 heteroatoms. The second-order valence-corrected chi connectivity index (χ2v) is 23.1. The zero-order chi connectivity index (χ0) is 53.7. The minimum Gasteiger partial charge on any atom is -0.508 e. The largest absolute Gasteiger partial charge is 0.508 e. The van der Waals surface area contributed by atoms with Crippen LogP contribution < -0.4 is 10.7 Å². The van der Waals surface area contributed by atoms with Gasteiger partial charge in [0.05, 0.1) is 37.1 Å². The number of carbonyl (C=O) groups is 5. The van der Waals surface area contributed by atoms with Gasteiger partial charge in [-0.2, -0.15) is 8.78 Å². The van der Waals surface area contributed by atoms with Crippen LogP contribution in [0.5, 0.6) is 5.75 Å². The van der Waals surface area contributed by atoms with Crippen molar-refractivity contribution < 1.29 is 52.1 Å². The summed E-state index contributed by atoms with van der Waals surface area (Å²) in [5.74, 6) is -0.737. The summed E-state index contributed by atoms with van der Waals surface area (Å²) in [7, 11) is 3.16. The van der Waals surface area contributed by atoms with E-state index < -0.39 is 74.6 Å². The number of amides is 4. The molecule has 3 fully saturated rings. The number of aromatic hydroxyl groups is 1. The third-order valence-corrected chi connectivity index (χ3v) is 16.7. The number of likely N-dealkylation sites (tertiary alicyclic amines) is 1. The fourth-order valence-corrected chi connectivity index (χ4v) is 12.6. The standard InChI is InChI=1S/C55H65F2IN8O9/c1-8-65-41-13-12-34-29-39(41)43-44(48(73-7)45-38(47(43)65)11-9-18-59-45)53(4,5)31-75-52(72)54(58)16-10-19-66(61-54)51(71)40(27-33-25-36(34)28-37(67)26-33)60-49(69)46(32(2)3)62(6)50(70)35-15-20-63(30-35)42(68)14-17-55(56,57)64-21-23-74-24-22-64/h9,11-13,18,25-26,28-29,32,35,40,44,46,48,61,67H,8,10,15-16,19-24,27,30-31H2,1-7H3,(H,60,69)/t35-,40?,44?,46?,48-,54+/m0/s1. The average Bonchev–Trinajstić information content (AvgIpc) is 4.06. The molecule has 2 aromatic heterocycles. The minimum atomic E-state index is -3.53. The number of aromatic nitrogens is 2. The van der Waals surface area contributed by atoms with Crippen molar-refractivity contribution in [2.75, 3.05) is 66.7 Å². The maximum atomic E-state index is 15.0. The third-order valence-electron chi connectivity index (χ3n) is 15.5. The van der Waals surface area contributed by atoms with E-state index in [1.165, 1.54) is 21.9 Å². The van der Waals surface area contributed by atoms with Crippen LogP contribution in [-0.2, 0) is 51.1 Å². The van der Waals surface area contributed by atoms with E-state index in [2.05, 4.69) is 60.2 Å². The Labute approximate surface area is 449 Å². The molecule has 4 amide bonds. The Bertz CT molecular complexity index is 2970. The summed E-state index contributed by atoms with van der Waals surface area (Å²) < 4.78 is 48.4. The van der Waals surface area contributed by atoms with Gasteiger partial charge in [-0.1, -0.05) is 39.8 Å². The number of hydrogen-bond acceptors (Lipinski definition) is 12. The van der Waals surface area contributed by atoms with Gasteiger partial charge in [0.15, 0.2) is 3.55 Å². The number of ether oxygens (including phenoxy) is 3. The number of methoxy groups -OCH3 is 1. The second kappa shape index (κ2) is 21.4. The van der Waals surface area contributed by atoms with E-state index in [-0.39, 0.29) is 77.1 Å². The quantitative estimate of drug-likeness (QED) is 0.0615. The molecule has 9 rings (SSSR count). The summed E-state index contributed by atoms with van der Waals surface area (Å²) >= 11 is 2.01. The smallest absolute Gasteiger partial charge is 0.370 e. The Balaban J connectivity index is 1.04. The maximum absolute atomic E-state index is 15.0. The van der Waals surface area contributed by atoms with Crippen LogP contribution in [0.4, 0.5) is 8.78 Å². The van der Waals surface area contributed by atoms with E-state index in [1.807, 2.05) is 46.7 Å². The maximum Gasteiger partial charge on any atom is 0.370 e. The topological polar surface area (TPSA) is 188 Å². The lowest BCUT2D eigenvalue weighted by Gasteiger charge is -2.43. The number of hydrogen-bond donors (Lipinski definition) is 3. The van der Waals surface area contributed by atoms with Gasteiger partial charge in [-0.05, 0) is 119 Å². The van der Waals surface area contributed by atoms with Crippen molar-refractivity contribution in [3.8, 4) is 40.0 Å². The first-order valence-corrected chi connectivity index (χ1v) is 26.8. The van der Waals surface area contributed by atoms with Gasteiger partial charge in [0.2, 0.25) is 11.8 Å². The van der Waals surface area contributed by atoms with Gasteiger partial charge >= 0.3 is 12.0 Å². The number of nitrogens with zero attached hydrogens (tertiary/aromatic N) is 6. The van der Waals surface area contributed by atoms with Gasteiger partial charge in [0, 0.05) is 99.8 Å². The zero-order valence-electron chi connectivity index (χ0n) is 43.4. The highest BCUT2D eigenvalue weighted by Gasteiger charge is 2.50. The third kappa shape index (κ3) is 10.5. The number of hydrazine groups is 1. The predicted octanol–water partition coefficient (Wildman–Crippen LogP) is 6.01. The molecule has 6 heterocycles. The van der Waals surface area contributed by atoms with E-state index in [9.17, 15) is 33.1 Å². The van der Waals surface area contributed by atoms with Crippen LogP contribution in [0.3, 0.4) is 0 Å². The number of phenolic OH excluding ortho intramolecular Hbond substituents is 1. The van der Waals surface area contributed by atoms with E-state index in [0.29, 0.717) is 30.5 Å². The van der Waals surface area contributed by atoms with E-state index in [4.69, 9.17) is 19.2 Å². The molecule has 1 aliphatic carbocycles. The number of benzene rings is 2. The number of rotatable bonds is 8. The number of cyclic esters (lactones) is 1. The first-order valence-electron chi connectivity index (χ1n) is 25.7. The summed E-state index contributed by atoms with van der Waals surface area (Å²) in [6, 6.07) is 9.36. The SMILES string of the molecule is CCn1c2c3c4cc(ccc41)-c1cc(O)cc(c1)CC(NC(=O)C(C(C)C)N(C)C(=O)[C@H]1CCN(C(=O)C#CC(F)(F)N4CCOCC4)C1)C(=O)N1CCC[C@@](I)(N1)C(=O)OCC(C)(C)C3[C@H](OC)c1ncccc1-2. The summed E-state index contributed by atoms with van der Waals surface area (Å²) in [6.07, 6.45) is 2.15.